The molecule has 0 bridgehead atoms. The normalized spacial score (nSPS) is 17.9. The van der Waals surface area contributed by atoms with Crippen LogP contribution in [0.15, 0.2) is 24.3 Å². The van der Waals surface area contributed by atoms with Gasteiger partial charge < -0.3 is 15.2 Å². The largest absolute Gasteiger partial charge is 0.416 e. The first kappa shape index (κ1) is 19.6. The van der Waals surface area contributed by atoms with E-state index in [-0.39, 0.29) is 28.2 Å². The molecule has 1 fully saturated rings. The Morgan fingerprint density at radius 3 is 2.38 bits per heavy atom. The van der Waals surface area contributed by atoms with Gasteiger partial charge in [-0.2, -0.15) is 13.2 Å². The molecule has 2 N–H and O–H groups in total. The quantitative estimate of drug-likeness (QED) is 0.481. The number of hydrogen-bond acceptors (Lipinski definition) is 3. The van der Waals surface area contributed by atoms with Crippen LogP contribution in [0.4, 0.5) is 32.3 Å². The molecule has 2 heterocycles. The summed E-state index contributed by atoms with van der Waals surface area (Å²) < 4.78 is 80.9. The van der Waals surface area contributed by atoms with E-state index >= 15 is 0 Å². The van der Waals surface area contributed by atoms with Crippen molar-refractivity contribution in [1.29, 1.82) is 0 Å². The van der Waals surface area contributed by atoms with E-state index < -0.39 is 29.2 Å². The van der Waals surface area contributed by atoms with Gasteiger partial charge in [-0.05, 0) is 36.8 Å². The molecule has 2 aromatic carbocycles. The van der Waals surface area contributed by atoms with Crippen molar-refractivity contribution in [2.75, 3.05) is 24.5 Å². The Kier molecular flexibility index (Phi) is 4.68. The van der Waals surface area contributed by atoms with E-state index in [9.17, 15) is 26.3 Å². The number of H-pyrrole nitrogens is 1. The average Bonchev–Trinajstić information content (AvgIpc) is 3.08. The molecular formula is C19H16F6N4. The first-order valence-electron chi connectivity index (χ1n) is 8.87. The van der Waals surface area contributed by atoms with Crippen molar-refractivity contribution in [3.63, 3.8) is 0 Å². The van der Waals surface area contributed by atoms with E-state index in [2.05, 4.69) is 15.3 Å². The topological polar surface area (TPSA) is 44.0 Å². The molecule has 1 aliphatic heterocycles. The molecule has 1 aliphatic rings. The van der Waals surface area contributed by atoms with Crippen LogP contribution >= 0.6 is 0 Å². The molecule has 3 aromatic rings. The molecule has 4 nitrogen and oxygen atoms in total. The summed E-state index contributed by atoms with van der Waals surface area (Å²) in [6.45, 7) is 3.81. The molecule has 1 saturated heterocycles. The molecule has 154 valence electrons. The molecule has 0 saturated carbocycles. The molecule has 0 amide bonds. The second-order valence-electron chi connectivity index (χ2n) is 7.03. The van der Waals surface area contributed by atoms with E-state index in [1.54, 1.807) is 0 Å². The molecule has 1 atom stereocenters. The molecule has 0 unspecified atom stereocenters. The fraction of sp³-hybridized carbons (Fsp3) is 0.316. The third-order valence-electron chi connectivity index (χ3n) is 4.87. The maximum Gasteiger partial charge on any atom is 0.416 e. The van der Waals surface area contributed by atoms with Gasteiger partial charge in [0.05, 0.1) is 16.6 Å². The molecule has 0 aliphatic carbocycles. The summed E-state index contributed by atoms with van der Waals surface area (Å²) in [5, 5.41) is 3.25. The molecule has 29 heavy (non-hydrogen) atoms. The highest BCUT2D eigenvalue weighted by Gasteiger charge is 2.32. The van der Waals surface area contributed by atoms with Gasteiger partial charge in [0.15, 0.2) is 17.5 Å². The Labute approximate surface area is 161 Å². The van der Waals surface area contributed by atoms with Crippen LogP contribution in [0.3, 0.4) is 0 Å². The standard InChI is InChI=1S/C19H16F6N4/c1-9-8-29(3-2-26-9)18-27-15-7-11(19(23,24)25)6-12(17(15)28-18)10-4-13(20)16(22)14(21)5-10/h4-7,9,26H,2-3,8H2,1H3,(H,27,28)/t9-/m0/s1. The number of piperazine rings is 1. The molecule has 1 aromatic heterocycles. The highest BCUT2D eigenvalue weighted by atomic mass is 19.4. The van der Waals surface area contributed by atoms with Gasteiger partial charge in [0.1, 0.15) is 0 Å². The number of imidazole rings is 1. The van der Waals surface area contributed by atoms with Crippen LogP contribution in [0.25, 0.3) is 22.2 Å². The highest BCUT2D eigenvalue weighted by molar-refractivity contribution is 5.94. The van der Waals surface area contributed by atoms with Crippen LogP contribution in [0.5, 0.6) is 0 Å². The summed E-state index contributed by atoms with van der Waals surface area (Å²) in [4.78, 5) is 9.12. The first-order chi connectivity index (χ1) is 13.6. The number of nitrogens with zero attached hydrogens (tertiary/aromatic N) is 2. The number of aromatic nitrogens is 2. The van der Waals surface area contributed by atoms with Gasteiger partial charge in [-0.3, -0.25) is 0 Å². The van der Waals surface area contributed by atoms with Crippen LogP contribution < -0.4 is 10.2 Å². The number of fused-ring (bicyclic) bond motifs is 1. The van der Waals surface area contributed by atoms with Gasteiger partial charge in [-0.25, -0.2) is 18.2 Å². The molecular weight excluding hydrogens is 398 g/mol. The lowest BCUT2D eigenvalue weighted by atomic mass is 10.0. The van der Waals surface area contributed by atoms with Crippen molar-refractivity contribution in [3.05, 3.63) is 47.3 Å². The Morgan fingerprint density at radius 2 is 1.76 bits per heavy atom. The average molecular weight is 414 g/mol. The number of benzene rings is 2. The predicted molar refractivity (Wildman–Crippen MR) is 96.1 cm³/mol. The maximum atomic E-state index is 13.7. The van der Waals surface area contributed by atoms with Gasteiger partial charge in [-0.15, -0.1) is 0 Å². The number of halogens is 6. The van der Waals surface area contributed by atoms with E-state index in [0.29, 0.717) is 37.7 Å². The highest BCUT2D eigenvalue weighted by Crippen LogP contribution is 2.38. The lowest BCUT2D eigenvalue weighted by Gasteiger charge is -2.31. The number of rotatable bonds is 2. The smallest absolute Gasteiger partial charge is 0.340 e. The SMILES string of the molecule is C[C@H]1CN(c2nc3cc(C(F)(F)F)cc(-c4cc(F)c(F)c(F)c4)c3[nH]2)CCN1. The summed E-state index contributed by atoms with van der Waals surface area (Å²) >= 11 is 0. The lowest BCUT2D eigenvalue weighted by molar-refractivity contribution is -0.137. The Hall–Kier alpha value is -2.75. The monoisotopic (exact) mass is 414 g/mol. The van der Waals surface area contributed by atoms with Crippen molar-refractivity contribution >= 4 is 17.0 Å². The van der Waals surface area contributed by atoms with Gasteiger partial charge in [0, 0.05) is 31.2 Å². The molecule has 4 rings (SSSR count). The van der Waals surface area contributed by atoms with Crippen LogP contribution in [0.1, 0.15) is 12.5 Å². The summed E-state index contributed by atoms with van der Waals surface area (Å²) in [5.74, 6) is -4.29. The minimum Gasteiger partial charge on any atom is -0.340 e. The van der Waals surface area contributed by atoms with Crippen molar-refractivity contribution in [3.8, 4) is 11.1 Å². The summed E-state index contributed by atoms with van der Waals surface area (Å²) in [6.07, 6.45) is -4.69. The van der Waals surface area contributed by atoms with Crippen LogP contribution in [0.2, 0.25) is 0 Å². The van der Waals surface area contributed by atoms with Crippen molar-refractivity contribution in [2.45, 2.75) is 19.1 Å². The van der Waals surface area contributed by atoms with E-state index in [4.69, 9.17) is 0 Å². The Morgan fingerprint density at radius 1 is 1.07 bits per heavy atom. The van der Waals surface area contributed by atoms with Gasteiger partial charge in [0.25, 0.3) is 0 Å². The van der Waals surface area contributed by atoms with Crippen LogP contribution in [-0.4, -0.2) is 35.6 Å². The van der Waals surface area contributed by atoms with Crippen LogP contribution in [0, 0.1) is 17.5 Å². The number of hydrogen-bond donors (Lipinski definition) is 2. The fourth-order valence-electron chi connectivity index (χ4n) is 3.48. The molecule has 0 spiro atoms. The lowest BCUT2D eigenvalue weighted by Crippen LogP contribution is -2.49. The zero-order valence-electron chi connectivity index (χ0n) is 15.2. The van der Waals surface area contributed by atoms with Crippen molar-refractivity contribution < 1.29 is 26.3 Å². The van der Waals surface area contributed by atoms with E-state index in [1.807, 2.05) is 11.8 Å². The third-order valence-corrected chi connectivity index (χ3v) is 4.87. The maximum absolute atomic E-state index is 13.7. The van der Waals surface area contributed by atoms with Crippen molar-refractivity contribution in [1.82, 2.24) is 15.3 Å². The summed E-state index contributed by atoms with van der Waals surface area (Å²) in [7, 11) is 0. The van der Waals surface area contributed by atoms with Crippen LogP contribution in [-0.2, 0) is 6.18 Å². The third kappa shape index (κ3) is 3.64. The minimum absolute atomic E-state index is 0.00107. The number of aromatic amines is 1. The zero-order chi connectivity index (χ0) is 20.9. The summed E-state index contributed by atoms with van der Waals surface area (Å²) in [6, 6.07) is 3.14. The Bertz CT molecular complexity index is 1050. The Balaban J connectivity index is 1.92. The number of alkyl halides is 3. The predicted octanol–water partition coefficient (Wildman–Crippen LogP) is 4.46. The second kappa shape index (κ2) is 6.94. The first-order valence-corrected chi connectivity index (χ1v) is 8.87. The minimum atomic E-state index is -4.69. The zero-order valence-corrected chi connectivity index (χ0v) is 15.2. The second-order valence-corrected chi connectivity index (χ2v) is 7.03. The number of anilines is 1. The fourth-order valence-corrected chi connectivity index (χ4v) is 3.48. The van der Waals surface area contributed by atoms with E-state index in [1.165, 1.54) is 0 Å². The van der Waals surface area contributed by atoms with E-state index in [0.717, 1.165) is 12.1 Å². The van der Waals surface area contributed by atoms with Gasteiger partial charge >= 0.3 is 6.18 Å². The summed E-state index contributed by atoms with van der Waals surface area (Å²) in [5.41, 5.74) is -1.17. The van der Waals surface area contributed by atoms with Gasteiger partial charge in [0.2, 0.25) is 5.95 Å². The van der Waals surface area contributed by atoms with Crippen molar-refractivity contribution in [2.24, 2.45) is 0 Å². The number of nitrogens with one attached hydrogen (secondary N) is 2. The molecule has 0 radical (unpaired) electrons. The van der Waals surface area contributed by atoms with Gasteiger partial charge in [-0.1, -0.05) is 0 Å². The molecule has 10 heteroatoms.